The van der Waals surface area contributed by atoms with Gasteiger partial charge in [-0.1, -0.05) is 18.2 Å². The molecule has 3 N–H and O–H groups in total. The topological polar surface area (TPSA) is 69.8 Å². The van der Waals surface area contributed by atoms with Crippen molar-refractivity contribution in [1.82, 2.24) is 9.97 Å². The Balaban J connectivity index is 1.46. The molecule has 4 aromatic rings. The number of H-pyrrole nitrogens is 1. The van der Waals surface area contributed by atoms with Gasteiger partial charge in [-0.2, -0.15) is 0 Å². The summed E-state index contributed by atoms with van der Waals surface area (Å²) in [6.45, 7) is 4.01. The van der Waals surface area contributed by atoms with E-state index in [2.05, 4.69) is 26.7 Å². The Morgan fingerprint density at radius 2 is 1.52 bits per heavy atom. The minimum Gasteiger partial charge on any atom is -0.338 e. The quantitative estimate of drug-likeness (QED) is 0.454. The number of fused-ring (bicyclic) bond motifs is 1. The number of aromatic nitrogens is 2. The second-order valence-corrected chi connectivity index (χ2v) is 6.64. The normalized spacial score (nSPS) is 10.7. The molecule has 0 saturated carbocycles. The smallest absolute Gasteiger partial charge is 0.323 e. The first-order chi connectivity index (χ1) is 13.1. The van der Waals surface area contributed by atoms with Crippen molar-refractivity contribution < 1.29 is 4.79 Å². The number of anilines is 2. The van der Waals surface area contributed by atoms with Gasteiger partial charge in [-0.3, -0.25) is 0 Å². The van der Waals surface area contributed by atoms with Crippen LogP contribution >= 0.6 is 0 Å². The highest BCUT2D eigenvalue weighted by Crippen LogP contribution is 2.22. The van der Waals surface area contributed by atoms with E-state index in [0.29, 0.717) is 0 Å². The van der Waals surface area contributed by atoms with Crippen LogP contribution in [0.3, 0.4) is 0 Å². The van der Waals surface area contributed by atoms with Crippen LogP contribution in [-0.2, 0) is 0 Å². The monoisotopic (exact) mass is 356 g/mol. The molecule has 0 saturated heterocycles. The summed E-state index contributed by atoms with van der Waals surface area (Å²) >= 11 is 0. The van der Waals surface area contributed by atoms with E-state index in [1.165, 1.54) is 0 Å². The van der Waals surface area contributed by atoms with Gasteiger partial charge in [-0.25, -0.2) is 9.78 Å². The van der Waals surface area contributed by atoms with Gasteiger partial charge in [0.1, 0.15) is 5.82 Å². The van der Waals surface area contributed by atoms with Crippen LogP contribution in [0.4, 0.5) is 16.2 Å². The van der Waals surface area contributed by atoms with Crippen molar-refractivity contribution in [3.63, 3.8) is 0 Å². The summed E-state index contributed by atoms with van der Waals surface area (Å²) in [5.74, 6) is 0.808. The number of rotatable bonds is 3. The summed E-state index contributed by atoms with van der Waals surface area (Å²) in [6, 6.07) is 21.2. The number of carbonyl (C=O) groups excluding carboxylic acids is 1. The van der Waals surface area contributed by atoms with Crippen LogP contribution < -0.4 is 10.6 Å². The van der Waals surface area contributed by atoms with E-state index in [0.717, 1.165) is 44.9 Å². The fourth-order valence-electron chi connectivity index (χ4n) is 3.14. The van der Waals surface area contributed by atoms with Crippen molar-refractivity contribution >= 4 is 28.4 Å². The van der Waals surface area contributed by atoms with E-state index in [1.807, 2.05) is 74.5 Å². The van der Waals surface area contributed by atoms with Gasteiger partial charge in [0, 0.05) is 16.9 Å². The number of carbonyl (C=O) groups is 1. The molecule has 0 fully saturated rings. The van der Waals surface area contributed by atoms with Crippen LogP contribution in [0.25, 0.3) is 22.4 Å². The first kappa shape index (κ1) is 16.8. The van der Waals surface area contributed by atoms with Gasteiger partial charge in [0.25, 0.3) is 0 Å². The molecule has 3 aromatic carbocycles. The summed E-state index contributed by atoms with van der Waals surface area (Å²) in [5, 5.41) is 5.72. The lowest BCUT2D eigenvalue weighted by atomic mass is 10.1. The minimum atomic E-state index is -0.267. The number of aryl methyl sites for hydroxylation is 2. The number of hydrogen-bond donors (Lipinski definition) is 3. The lowest BCUT2D eigenvalue weighted by molar-refractivity contribution is 0.262. The maximum atomic E-state index is 12.2. The molecule has 4 rings (SSSR count). The van der Waals surface area contributed by atoms with Crippen LogP contribution in [0, 0.1) is 13.8 Å². The van der Waals surface area contributed by atoms with Crippen molar-refractivity contribution in [1.29, 1.82) is 0 Å². The summed E-state index contributed by atoms with van der Waals surface area (Å²) in [5.41, 5.74) is 6.62. The second kappa shape index (κ2) is 6.96. The lowest BCUT2D eigenvalue weighted by Gasteiger charge is -2.09. The molecule has 0 spiro atoms. The predicted molar refractivity (Wildman–Crippen MR) is 110 cm³/mol. The SMILES string of the molecule is Cc1cc(C)cc(NC(=O)Nc2ccc(-c3nc4ccccc4[nH]3)cc2)c1. The van der Waals surface area contributed by atoms with Gasteiger partial charge >= 0.3 is 6.03 Å². The van der Waals surface area contributed by atoms with Crippen LogP contribution in [0.15, 0.2) is 66.7 Å². The highest BCUT2D eigenvalue weighted by atomic mass is 16.2. The number of hydrogen-bond acceptors (Lipinski definition) is 2. The van der Waals surface area contributed by atoms with Gasteiger partial charge in [-0.05, 0) is 73.5 Å². The van der Waals surface area contributed by atoms with Gasteiger partial charge in [0.05, 0.1) is 11.0 Å². The molecule has 2 amide bonds. The zero-order valence-electron chi connectivity index (χ0n) is 15.2. The number of nitrogens with zero attached hydrogens (tertiary/aromatic N) is 1. The van der Waals surface area contributed by atoms with E-state index >= 15 is 0 Å². The Labute approximate surface area is 157 Å². The largest absolute Gasteiger partial charge is 0.338 e. The Hall–Kier alpha value is -3.60. The molecule has 0 bridgehead atoms. The molecule has 1 aromatic heterocycles. The molecule has 1 heterocycles. The standard InChI is InChI=1S/C22H20N4O/c1-14-11-15(2)13-18(12-14)24-22(27)23-17-9-7-16(8-10-17)21-25-19-5-3-4-6-20(19)26-21/h3-13H,1-2H3,(H,25,26)(H2,23,24,27). The average Bonchev–Trinajstić information content (AvgIpc) is 3.05. The summed E-state index contributed by atoms with van der Waals surface area (Å²) in [4.78, 5) is 20.1. The second-order valence-electron chi connectivity index (χ2n) is 6.64. The van der Waals surface area contributed by atoms with Crippen LogP contribution in [-0.4, -0.2) is 16.0 Å². The Morgan fingerprint density at radius 3 is 2.22 bits per heavy atom. The van der Waals surface area contributed by atoms with Crippen molar-refractivity contribution in [2.24, 2.45) is 0 Å². The highest BCUT2D eigenvalue weighted by Gasteiger charge is 2.07. The summed E-state index contributed by atoms with van der Waals surface area (Å²) in [7, 11) is 0. The molecule has 0 aliphatic rings. The fraction of sp³-hybridized carbons (Fsp3) is 0.0909. The van der Waals surface area contributed by atoms with E-state index in [1.54, 1.807) is 0 Å². The van der Waals surface area contributed by atoms with Gasteiger partial charge in [0.2, 0.25) is 0 Å². The average molecular weight is 356 g/mol. The fourth-order valence-corrected chi connectivity index (χ4v) is 3.14. The highest BCUT2D eigenvalue weighted by molar-refractivity contribution is 6.00. The minimum absolute atomic E-state index is 0.267. The number of aromatic amines is 1. The molecule has 0 unspecified atom stereocenters. The molecule has 0 radical (unpaired) electrons. The Kier molecular flexibility index (Phi) is 4.34. The first-order valence-corrected chi connectivity index (χ1v) is 8.78. The van der Waals surface area contributed by atoms with Crippen molar-refractivity contribution in [3.8, 4) is 11.4 Å². The van der Waals surface area contributed by atoms with Crippen molar-refractivity contribution in [2.75, 3.05) is 10.6 Å². The molecule has 0 aliphatic heterocycles. The molecule has 27 heavy (non-hydrogen) atoms. The molecular formula is C22H20N4O. The van der Waals surface area contributed by atoms with Gasteiger partial charge < -0.3 is 15.6 Å². The number of imidazole rings is 1. The van der Waals surface area contributed by atoms with E-state index in [4.69, 9.17) is 0 Å². The third-order valence-electron chi connectivity index (χ3n) is 4.29. The summed E-state index contributed by atoms with van der Waals surface area (Å²) in [6.07, 6.45) is 0. The van der Waals surface area contributed by atoms with E-state index in [-0.39, 0.29) is 6.03 Å². The lowest BCUT2D eigenvalue weighted by Crippen LogP contribution is -2.19. The van der Waals surface area contributed by atoms with Gasteiger partial charge in [0.15, 0.2) is 0 Å². The predicted octanol–water partition coefficient (Wildman–Crippen LogP) is 5.49. The van der Waals surface area contributed by atoms with Gasteiger partial charge in [-0.15, -0.1) is 0 Å². The summed E-state index contributed by atoms with van der Waals surface area (Å²) < 4.78 is 0. The third kappa shape index (κ3) is 3.82. The van der Waals surface area contributed by atoms with Crippen LogP contribution in [0.5, 0.6) is 0 Å². The van der Waals surface area contributed by atoms with E-state index in [9.17, 15) is 4.79 Å². The molecule has 134 valence electrons. The zero-order chi connectivity index (χ0) is 18.8. The van der Waals surface area contributed by atoms with Crippen molar-refractivity contribution in [3.05, 3.63) is 77.9 Å². The maximum Gasteiger partial charge on any atom is 0.323 e. The van der Waals surface area contributed by atoms with Crippen molar-refractivity contribution in [2.45, 2.75) is 13.8 Å². The van der Waals surface area contributed by atoms with Crippen LogP contribution in [0.1, 0.15) is 11.1 Å². The number of benzene rings is 3. The number of nitrogens with one attached hydrogen (secondary N) is 3. The Bertz CT molecular complexity index is 1060. The molecule has 0 aliphatic carbocycles. The van der Waals surface area contributed by atoms with Crippen LogP contribution in [0.2, 0.25) is 0 Å². The molecule has 5 heteroatoms. The number of para-hydroxylation sites is 2. The Morgan fingerprint density at radius 1 is 0.852 bits per heavy atom. The molecular weight excluding hydrogens is 336 g/mol. The molecule has 5 nitrogen and oxygen atoms in total. The van der Waals surface area contributed by atoms with E-state index < -0.39 is 0 Å². The number of amides is 2. The number of urea groups is 1. The third-order valence-corrected chi connectivity index (χ3v) is 4.29. The first-order valence-electron chi connectivity index (χ1n) is 8.78. The maximum absolute atomic E-state index is 12.2. The molecule has 0 atom stereocenters. The zero-order valence-corrected chi connectivity index (χ0v) is 15.2.